The molecule has 1 amide bonds. The van der Waals surface area contributed by atoms with E-state index in [1.165, 1.54) is 0 Å². The minimum absolute atomic E-state index is 0.114. The molecule has 0 aliphatic carbocycles. The van der Waals surface area contributed by atoms with Gasteiger partial charge in [0, 0.05) is 11.4 Å². The van der Waals surface area contributed by atoms with Crippen molar-refractivity contribution in [3.05, 3.63) is 53.1 Å². The molecule has 2 rings (SSSR count). The van der Waals surface area contributed by atoms with Gasteiger partial charge in [-0.3, -0.25) is 4.79 Å². The van der Waals surface area contributed by atoms with Gasteiger partial charge in [0.15, 0.2) is 6.61 Å². The van der Waals surface area contributed by atoms with E-state index in [-0.39, 0.29) is 12.5 Å². The lowest BCUT2D eigenvalue weighted by atomic mass is 10.2. The highest BCUT2D eigenvalue weighted by Crippen LogP contribution is 2.23. The van der Waals surface area contributed by atoms with Gasteiger partial charge in [0.25, 0.3) is 5.91 Å². The highest BCUT2D eigenvalue weighted by atomic mass is 35.5. The van der Waals surface area contributed by atoms with Crippen LogP contribution in [0.15, 0.2) is 42.5 Å². The number of halogens is 1. The first-order chi connectivity index (χ1) is 9.56. The zero-order valence-electron chi connectivity index (χ0n) is 11.0. The average Bonchev–Trinajstić information content (AvgIpc) is 2.42. The number of nitrogens with one attached hydrogen (secondary N) is 1. The van der Waals surface area contributed by atoms with Crippen molar-refractivity contribution in [3.63, 3.8) is 0 Å². The molecule has 0 atom stereocenters. The number of rotatable bonds is 4. The molecule has 0 heterocycles. The van der Waals surface area contributed by atoms with Gasteiger partial charge in [-0.2, -0.15) is 0 Å². The maximum atomic E-state index is 11.8. The number of hydrogen-bond acceptors (Lipinski definition) is 3. The zero-order valence-corrected chi connectivity index (χ0v) is 11.8. The van der Waals surface area contributed by atoms with Gasteiger partial charge in [-0.15, -0.1) is 0 Å². The minimum atomic E-state index is -0.270. The number of carbonyl (C=O) groups is 1. The van der Waals surface area contributed by atoms with Gasteiger partial charge < -0.3 is 15.8 Å². The zero-order chi connectivity index (χ0) is 14.5. The Bertz CT molecular complexity index is 629. The largest absolute Gasteiger partial charge is 0.482 e. The number of anilines is 2. The van der Waals surface area contributed by atoms with Crippen molar-refractivity contribution in [2.24, 2.45) is 0 Å². The van der Waals surface area contributed by atoms with Gasteiger partial charge in [0.1, 0.15) is 5.75 Å². The van der Waals surface area contributed by atoms with E-state index in [2.05, 4.69) is 5.32 Å². The number of nitrogens with two attached hydrogens (primary N) is 1. The van der Waals surface area contributed by atoms with Crippen LogP contribution >= 0.6 is 11.6 Å². The highest BCUT2D eigenvalue weighted by molar-refractivity contribution is 6.32. The molecule has 0 fully saturated rings. The molecule has 0 radical (unpaired) electrons. The van der Waals surface area contributed by atoms with Crippen molar-refractivity contribution in [1.29, 1.82) is 0 Å². The van der Waals surface area contributed by atoms with Crippen LogP contribution in [0.2, 0.25) is 5.02 Å². The average molecular weight is 291 g/mol. The predicted molar refractivity (Wildman–Crippen MR) is 81.2 cm³/mol. The predicted octanol–water partition coefficient (Wildman–Crippen LogP) is 3.25. The third kappa shape index (κ3) is 3.65. The molecule has 0 bridgehead atoms. The molecule has 0 aliphatic heterocycles. The van der Waals surface area contributed by atoms with E-state index in [4.69, 9.17) is 22.1 Å². The van der Waals surface area contributed by atoms with Gasteiger partial charge in [0.05, 0.1) is 5.02 Å². The molecule has 0 aliphatic rings. The van der Waals surface area contributed by atoms with Crippen LogP contribution in [0.5, 0.6) is 5.75 Å². The first kappa shape index (κ1) is 14.2. The van der Waals surface area contributed by atoms with Crippen LogP contribution < -0.4 is 15.8 Å². The Kier molecular flexibility index (Phi) is 4.48. The fourth-order valence-electron chi connectivity index (χ4n) is 1.62. The molecule has 0 aromatic heterocycles. The monoisotopic (exact) mass is 290 g/mol. The summed E-state index contributed by atoms with van der Waals surface area (Å²) in [4.78, 5) is 11.8. The number of hydrogen-bond donors (Lipinski definition) is 2. The normalized spacial score (nSPS) is 10.1. The van der Waals surface area contributed by atoms with Crippen LogP contribution in [-0.4, -0.2) is 12.5 Å². The molecule has 5 heteroatoms. The van der Waals surface area contributed by atoms with Gasteiger partial charge >= 0.3 is 0 Å². The second kappa shape index (κ2) is 6.30. The lowest BCUT2D eigenvalue weighted by Crippen LogP contribution is -2.20. The molecule has 0 unspecified atom stereocenters. The maximum Gasteiger partial charge on any atom is 0.262 e. The van der Waals surface area contributed by atoms with Gasteiger partial charge in [-0.05, 0) is 36.8 Å². The second-order valence-electron chi connectivity index (χ2n) is 4.34. The Morgan fingerprint density at radius 1 is 1.30 bits per heavy atom. The van der Waals surface area contributed by atoms with Crippen molar-refractivity contribution < 1.29 is 9.53 Å². The number of aryl methyl sites for hydroxylation is 1. The Labute approximate surface area is 122 Å². The fraction of sp³-hybridized carbons (Fsp3) is 0.133. The van der Waals surface area contributed by atoms with Crippen molar-refractivity contribution in [3.8, 4) is 5.75 Å². The lowest BCUT2D eigenvalue weighted by Gasteiger charge is -2.09. The molecule has 0 saturated heterocycles. The summed E-state index contributed by atoms with van der Waals surface area (Å²) in [6, 6.07) is 12.3. The van der Waals surface area contributed by atoms with E-state index in [1.54, 1.807) is 36.4 Å². The third-order valence-electron chi connectivity index (χ3n) is 2.76. The van der Waals surface area contributed by atoms with Crippen LogP contribution in [-0.2, 0) is 4.79 Å². The minimum Gasteiger partial charge on any atom is -0.482 e. The number of nitrogen functional groups attached to an aromatic ring is 1. The molecule has 0 saturated carbocycles. The summed E-state index contributed by atoms with van der Waals surface area (Å²) in [5.41, 5.74) is 8.02. The van der Waals surface area contributed by atoms with Gasteiger partial charge in [-0.25, -0.2) is 0 Å². The fourth-order valence-corrected chi connectivity index (χ4v) is 1.81. The summed E-state index contributed by atoms with van der Waals surface area (Å²) in [6.07, 6.45) is 0. The topological polar surface area (TPSA) is 64.3 Å². The Morgan fingerprint density at radius 2 is 2.05 bits per heavy atom. The first-order valence-electron chi connectivity index (χ1n) is 6.09. The van der Waals surface area contributed by atoms with Crippen molar-refractivity contribution in [2.45, 2.75) is 6.92 Å². The SMILES string of the molecule is Cc1ccc(NC(=O)COc2ccccc2Cl)cc1N. The molecule has 2 aromatic rings. The van der Waals surface area contributed by atoms with Crippen LogP contribution in [0, 0.1) is 6.92 Å². The van der Waals surface area contributed by atoms with Crippen molar-refractivity contribution in [2.75, 3.05) is 17.7 Å². The summed E-state index contributed by atoms with van der Waals surface area (Å²) in [7, 11) is 0. The summed E-state index contributed by atoms with van der Waals surface area (Å²) in [6.45, 7) is 1.79. The van der Waals surface area contributed by atoms with Crippen LogP contribution in [0.4, 0.5) is 11.4 Å². The summed E-state index contributed by atoms with van der Waals surface area (Å²) in [5.74, 6) is 0.209. The van der Waals surface area contributed by atoms with Crippen LogP contribution in [0.3, 0.4) is 0 Å². The molecular formula is C15H15ClN2O2. The standard InChI is InChI=1S/C15H15ClN2O2/c1-10-6-7-11(8-13(10)17)18-15(19)9-20-14-5-3-2-4-12(14)16/h2-8H,9,17H2,1H3,(H,18,19). The molecule has 4 nitrogen and oxygen atoms in total. The van der Waals surface area contributed by atoms with E-state index in [0.29, 0.717) is 22.1 Å². The number of benzene rings is 2. The van der Waals surface area contributed by atoms with E-state index >= 15 is 0 Å². The lowest BCUT2D eigenvalue weighted by molar-refractivity contribution is -0.118. The number of ether oxygens (including phenoxy) is 1. The number of para-hydroxylation sites is 1. The molecule has 2 aromatic carbocycles. The molecule has 0 spiro atoms. The highest BCUT2D eigenvalue weighted by Gasteiger charge is 2.06. The van der Waals surface area contributed by atoms with Gasteiger partial charge in [-0.1, -0.05) is 29.8 Å². The number of carbonyl (C=O) groups excluding carboxylic acids is 1. The molecule has 20 heavy (non-hydrogen) atoms. The summed E-state index contributed by atoms with van der Waals surface area (Å²) < 4.78 is 5.35. The van der Waals surface area contributed by atoms with Crippen molar-refractivity contribution >= 4 is 28.9 Å². The number of amides is 1. The maximum absolute atomic E-state index is 11.8. The van der Waals surface area contributed by atoms with Gasteiger partial charge in [0.2, 0.25) is 0 Å². The van der Waals surface area contributed by atoms with E-state index in [9.17, 15) is 4.79 Å². The molecule has 104 valence electrons. The summed E-state index contributed by atoms with van der Waals surface area (Å²) >= 11 is 5.93. The summed E-state index contributed by atoms with van der Waals surface area (Å²) in [5, 5.41) is 3.18. The Balaban J connectivity index is 1.93. The van der Waals surface area contributed by atoms with Crippen molar-refractivity contribution in [1.82, 2.24) is 0 Å². The first-order valence-corrected chi connectivity index (χ1v) is 6.47. The molecular weight excluding hydrogens is 276 g/mol. The smallest absolute Gasteiger partial charge is 0.262 e. The second-order valence-corrected chi connectivity index (χ2v) is 4.75. The Hall–Kier alpha value is -2.20. The van der Waals surface area contributed by atoms with E-state index in [1.807, 2.05) is 13.0 Å². The van der Waals surface area contributed by atoms with Crippen LogP contribution in [0.25, 0.3) is 0 Å². The Morgan fingerprint density at radius 3 is 2.75 bits per heavy atom. The van der Waals surface area contributed by atoms with E-state index < -0.39 is 0 Å². The third-order valence-corrected chi connectivity index (χ3v) is 3.07. The molecule has 3 N–H and O–H groups in total. The van der Waals surface area contributed by atoms with Crippen LogP contribution in [0.1, 0.15) is 5.56 Å². The van der Waals surface area contributed by atoms with E-state index in [0.717, 1.165) is 5.56 Å². The quantitative estimate of drug-likeness (QED) is 0.850.